The Hall–Kier alpha value is -0.680. The van der Waals surface area contributed by atoms with Gasteiger partial charge in [0.15, 0.2) is 16.7 Å². The Bertz CT molecular complexity index is 501. The molecule has 0 aliphatic rings. The van der Waals surface area contributed by atoms with Crippen molar-refractivity contribution in [3.05, 3.63) is 23.5 Å². The van der Waals surface area contributed by atoms with E-state index < -0.39 is 16.7 Å². The molecule has 1 rings (SSSR count). The fourth-order valence-electron chi connectivity index (χ4n) is 2.15. The van der Waals surface area contributed by atoms with Crippen LogP contribution in [0.5, 0.6) is 0 Å². The standard InChI is InChI=1S/C15H31N7P2/c1-18(2)23(19(3)4)16-12-14-10-11-15(22(14)9)13-17-24(20(5)6)21(7)8/h10-13H,1-9H3/b16-12+,17-13?. The van der Waals surface area contributed by atoms with Crippen molar-refractivity contribution in [3.63, 3.8) is 0 Å². The molecule has 0 radical (unpaired) electrons. The lowest BCUT2D eigenvalue weighted by molar-refractivity contribution is 0.575. The third kappa shape index (κ3) is 5.99. The topological polar surface area (TPSA) is 42.6 Å². The van der Waals surface area contributed by atoms with Crippen molar-refractivity contribution < 1.29 is 0 Å². The molecule has 0 saturated carbocycles. The van der Waals surface area contributed by atoms with Crippen LogP contribution in [0, 0.1) is 0 Å². The van der Waals surface area contributed by atoms with Crippen molar-refractivity contribution in [2.24, 2.45) is 16.6 Å². The molecule has 1 heterocycles. The fourth-order valence-corrected chi connectivity index (χ4v) is 4.85. The molecule has 0 spiro atoms. The molecule has 1 aromatic heterocycles. The molecule has 24 heavy (non-hydrogen) atoms. The minimum atomic E-state index is -0.662. The van der Waals surface area contributed by atoms with Gasteiger partial charge in [-0.15, -0.1) is 0 Å². The Kier molecular flexibility index (Phi) is 8.65. The first-order chi connectivity index (χ1) is 11.1. The molecule has 9 heteroatoms. The average molecular weight is 371 g/mol. The monoisotopic (exact) mass is 371 g/mol. The van der Waals surface area contributed by atoms with Crippen molar-refractivity contribution in [1.29, 1.82) is 0 Å². The zero-order valence-electron chi connectivity index (χ0n) is 16.3. The quantitative estimate of drug-likeness (QED) is 0.520. The number of rotatable bonds is 8. The number of hydrogen-bond acceptors (Lipinski definition) is 6. The van der Waals surface area contributed by atoms with Crippen LogP contribution in [0.15, 0.2) is 21.7 Å². The normalized spacial score (nSPS) is 13.5. The lowest BCUT2D eigenvalue weighted by atomic mass is 10.4. The molecule has 1 aromatic rings. The van der Waals surface area contributed by atoms with Crippen LogP contribution < -0.4 is 0 Å². The van der Waals surface area contributed by atoms with E-state index in [9.17, 15) is 0 Å². The Labute approximate surface area is 149 Å². The van der Waals surface area contributed by atoms with Gasteiger partial charge in [-0.2, -0.15) is 0 Å². The van der Waals surface area contributed by atoms with Gasteiger partial charge in [0.1, 0.15) is 0 Å². The largest absolute Gasteiger partial charge is 0.342 e. The summed E-state index contributed by atoms with van der Waals surface area (Å²) in [7, 11) is 17.1. The summed E-state index contributed by atoms with van der Waals surface area (Å²) in [5, 5.41) is 0. The first kappa shape index (κ1) is 21.4. The van der Waals surface area contributed by atoms with Crippen LogP contribution in [-0.4, -0.2) is 92.1 Å². The van der Waals surface area contributed by atoms with E-state index in [1.54, 1.807) is 0 Å². The van der Waals surface area contributed by atoms with Crippen LogP contribution in [0.3, 0.4) is 0 Å². The number of hydrogen-bond donors (Lipinski definition) is 0. The highest BCUT2D eigenvalue weighted by Gasteiger charge is 2.13. The second-order valence-electron chi connectivity index (χ2n) is 6.16. The smallest absolute Gasteiger partial charge is 0.168 e. The van der Waals surface area contributed by atoms with E-state index in [2.05, 4.69) is 91.8 Å². The Balaban J connectivity index is 2.94. The minimum Gasteiger partial charge on any atom is -0.342 e. The predicted molar refractivity (Wildman–Crippen MR) is 109 cm³/mol. The van der Waals surface area contributed by atoms with Crippen LogP contribution in [-0.2, 0) is 7.05 Å². The van der Waals surface area contributed by atoms with Crippen LogP contribution in [0.1, 0.15) is 11.4 Å². The van der Waals surface area contributed by atoms with Gasteiger partial charge in [0.05, 0.1) is 23.8 Å². The Morgan fingerprint density at radius 3 is 1.25 bits per heavy atom. The number of nitrogens with zero attached hydrogens (tertiary/aromatic N) is 7. The summed E-state index contributed by atoms with van der Waals surface area (Å²) in [4.78, 5) is 0. The molecule has 0 aliphatic carbocycles. The summed E-state index contributed by atoms with van der Waals surface area (Å²) in [6, 6.07) is 4.16. The molecule has 0 atom stereocenters. The second kappa shape index (κ2) is 9.71. The molecular weight excluding hydrogens is 340 g/mol. The van der Waals surface area contributed by atoms with E-state index in [1.807, 2.05) is 19.5 Å². The molecule has 136 valence electrons. The third-order valence-electron chi connectivity index (χ3n) is 3.22. The summed E-state index contributed by atoms with van der Waals surface area (Å²) in [5.74, 6) is 0. The van der Waals surface area contributed by atoms with Gasteiger partial charge in [-0.1, -0.05) is 0 Å². The van der Waals surface area contributed by atoms with E-state index in [-0.39, 0.29) is 0 Å². The van der Waals surface area contributed by atoms with E-state index in [0.29, 0.717) is 0 Å². The van der Waals surface area contributed by atoms with Gasteiger partial charge in [-0.3, -0.25) is 18.7 Å². The molecule has 0 unspecified atom stereocenters. The van der Waals surface area contributed by atoms with Crippen molar-refractivity contribution in [2.45, 2.75) is 0 Å². The van der Waals surface area contributed by atoms with E-state index in [0.717, 1.165) is 11.4 Å². The van der Waals surface area contributed by atoms with Crippen molar-refractivity contribution >= 4 is 29.2 Å². The summed E-state index contributed by atoms with van der Waals surface area (Å²) >= 11 is 0. The molecular formula is C15H31N7P2. The molecule has 0 amide bonds. The highest BCUT2D eigenvalue weighted by atomic mass is 31.2. The number of aromatic nitrogens is 1. The van der Waals surface area contributed by atoms with E-state index in [4.69, 9.17) is 9.53 Å². The highest BCUT2D eigenvalue weighted by molar-refractivity contribution is 7.51. The van der Waals surface area contributed by atoms with Crippen molar-refractivity contribution in [3.8, 4) is 0 Å². The maximum atomic E-state index is 4.73. The van der Waals surface area contributed by atoms with Gasteiger partial charge < -0.3 is 4.57 Å². The Morgan fingerprint density at radius 1 is 0.708 bits per heavy atom. The summed E-state index contributed by atoms with van der Waals surface area (Å²) < 4.78 is 20.1. The highest BCUT2D eigenvalue weighted by Crippen LogP contribution is 2.41. The van der Waals surface area contributed by atoms with Gasteiger partial charge in [0.25, 0.3) is 0 Å². The molecule has 0 N–H and O–H groups in total. The minimum absolute atomic E-state index is 0.662. The van der Waals surface area contributed by atoms with Gasteiger partial charge >= 0.3 is 0 Å². The predicted octanol–water partition coefficient (Wildman–Crippen LogP) is 2.56. The molecule has 0 aliphatic heterocycles. The van der Waals surface area contributed by atoms with Gasteiger partial charge in [0, 0.05) is 7.05 Å². The van der Waals surface area contributed by atoms with Crippen molar-refractivity contribution in [2.75, 3.05) is 56.4 Å². The van der Waals surface area contributed by atoms with Gasteiger partial charge in [-0.05, 0) is 68.5 Å². The zero-order chi connectivity index (χ0) is 18.4. The second-order valence-corrected chi connectivity index (χ2v) is 10.9. The first-order valence-corrected chi connectivity index (χ1v) is 10.1. The van der Waals surface area contributed by atoms with E-state index >= 15 is 0 Å². The van der Waals surface area contributed by atoms with Crippen LogP contribution >= 0.6 is 16.7 Å². The average Bonchev–Trinajstić information content (AvgIpc) is 2.79. The van der Waals surface area contributed by atoms with Crippen LogP contribution in [0.4, 0.5) is 0 Å². The maximum Gasteiger partial charge on any atom is 0.168 e. The fraction of sp³-hybridized carbons (Fsp3) is 0.600. The first-order valence-electron chi connectivity index (χ1n) is 7.68. The molecule has 0 bridgehead atoms. The molecule has 0 fully saturated rings. The zero-order valence-corrected chi connectivity index (χ0v) is 18.1. The van der Waals surface area contributed by atoms with Gasteiger partial charge in [0.2, 0.25) is 0 Å². The summed E-state index contributed by atoms with van der Waals surface area (Å²) in [6.07, 6.45) is 3.90. The molecule has 7 nitrogen and oxygen atoms in total. The van der Waals surface area contributed by atoms with Crippen LogP contribution in [0.2, 0.25) is 0 Å². The van der Waals surface area contributed by atoms with Gasteiger partial charge in [-0.25, -0.2) is 9.53 Å². The van der Waals surface area contributed by atoms with Crippen molar-refractivity contribution in [1.82, 2.24) is 23.2 Å². The maximum absolute atomic E-state index is 4.73. The summed E-state index contributed by atoms with van der Waals surface area (Å²) in [5.41, 5.74) is 2.15. The summed E-state index contributed by atoms with van der Waals surface area (Å²) in [6.45, 7) is 0. The van der Waals surface area contributed by atoms with E-state index in [1.165, 1.54) is 0 Å². The lowest BCUT2D eigenvalue weighted by Crippen LogP contribution is -2.15. The Morgan fingerprint density at radius 2 is 1.00 bits per heavy atom. The molecule has 0 saturated heterocycles. The molecule has 0 aromatic carbocycles. The third-order valence-corrected chi connectivity index (χ3v) is 6.72. The SMILES string of the molecule is CN(C)P(N=Cc1ccc(/C=N/P(N(C)C)N(C)C)n1C)N(C)C. The van der Waals surface area contributed by atoms with Crippen LogP contribution in [0.25, 0.3) is 0 Å². The lowest BCUT2D eigenvalue weighted by Gasteiger charge is -2.25.